The molecular weight excluding hydrogens is 623 g/mol. The number of alkyl halides is 5. The Labute approximate surface area is 305 Å². The third-order valence-electron chi connectivity index (χ3n) is 10.7. The zero-order chi connectivity index (χ0) is 31.3. The molecule has 3 aliphatic rings. The van der Waals surface area contributed by atoms with E-state index in [9.17, 15) is 31.0 Å². The summed E-state index contributed by atoms with van der Waals surface area (Å²) in [4.78, 5) is 11.8. The molecule has 0 aromatic heterocycles. The smallest absolute Gasteiger partial charge is 0.462 e. The summed E-state index contributed by atoms with van der Waals surface area (Å²) in [6, 6.07) is 9.83. The van der Waals surface area contributed by atoms with Crippen molar-refractivity contribution in [3.05, 3.63) is 35.4 Å². The van der Waals surface area contributed by atoms with E-state index in [1.807, 2.05) is 0 Å². The van der Waals surface area contributed by atoms with Gasteiger partial charge in [-0.1, -0.05) is 58.3 Å². The van der Waals surface area contributed by atoms with E-state index in [0.717, 1.165) is 57.8 Å². The Hall–Kier alpha value is 0.126. The Bertz CT molecular complexity index is 1100. The number of rotatable bonds is 15. The van der Waals surface area contributed by atoms with Crippen LogP contribution in [0.1, 0.15) is 121 Å². The Morgan fingerprint density at radius 2 is 1.66 bits per heavy atom. The summed E-state index contributed by atoms with van der Waals surface area (Å²) < 4.78 is 80.5. The fourth-order valence-corrected chi connectivity index (χ4v) is 9.74. The second-order valence-electron chi connectivity index (χ2n) is 13.5. The van der Waals surface area contributed by atoms with Crippen LogP contribution in [0.5, 0.6) is 0 Å². The number of carbonyl (C=O) groups excluding carboxylic acids is 1. The van der Waals surface area contributed by atoms with E-state index in [-0.39, 0.29) is 74.6 Å². The van der Waals surface area contributed by atoms with Crippen molar-refractivity contribution >= 4 is 16.8 Å². The SMILES string of the molecule is CC(=O)O[C@H]1CC[C@H]2[C@@H]3[C@H](CCCCCCCCCS(=O)CCCC(F)(F)C(F)(F)F)Cc4c[c-]ccc4[C@H]3CC[C@]12C.[K+]. The van der Waals surface area contributed by atoms with E-state index in [4.69, 9.17) is 4.74 Å². The zero-order valence-electron chi connectivity index (χ0n) is 26.7. The average molecular weight is 671 g/mol. The summed E-state index contributed by atoms with van der Waals surface area (Å²) in [6.07, 6.45) is 6.63. The van der Waals surface area contributed by atoms with E-state index in [0.29, 0.717) is 35.8 Å². The Kier molecular flexibility index (Phi) is 14.9. The third-order valence-corrected chi connectivity index (χ3v) is 12.2. The quantitative estimate of drug-likeness (QED) is 0.0719. The van der Waals surface area contributed by atoms with E-state index in [1.54, 1.807) is 0 Å². The summed E-state index contributed by atoms with van der Waals surface area (Å²) in [5, 5.41) is 0. The number of carbonyl (C=O) groups is 1. The first-order valence-electron chi connectivity index (χ1n) is 16.3. The average Bonchev–Trinajstić information content (AvgIpc) is 3.26. The predicted molar refractivity (Wildman–Crippen MR) is 159 cm³/mol. The summed E-state index contributed by atoms with van der Waals surface area (Å²) in [5.74, 6) is -2.24. The first kappa shape index (κ1) is 38.6. The fraction of sp³-hybridized carbons (Fsp3) is 0.794. The predicted octanol–water partition coefficient (Wildman–Crippen LogP) is 6.35. The number of benzene rings is 1. The summed E-state index contributed by atoms with van der Waals surface area (Å²) in [6.45, 7) is 3.89. The minimum atomic E-state index is -5.54. The van der Waals surface area contributed by atoms with Gasteiger partial charge in [0.05, 0.1) is 0 Å². The molecular formula is C34H48F5KO3S. The van der Waals surface area contributed by atoms with Crippen molar-refractivity contribution < 1.29 is 87.1 Å². The van der Waals surface area contributed by atoms with Crippen molar-refractivity contribution in [3.63, 3.8) is 0 Å². The van der Waals surface area contributed by atoms with Crippen LogP contribution >= 0.6 is 0 Å². The van der Waals surface area contributed by atoms with Gasteiger partial charge in [-0.15, -0.1) is 0 Å². The maximum atomic E-state index is 13.0. The first-order chi connectivity index (χ1) is 20.3. The standard InChI is InChI=1S/C34H48F5O3S.K/c1-24(40)42-30-17-16-29-31-26(23-25-13-9-10-15-27(25)28(31)18-20-32(29,30)2)14-8-6-4-3-5-7-11-21-43(41)22-12-19-33(35,36)34(37,38)39;/h10,13,15,26,28-31H,3-8,11-12,14,16-23H2,1-2H3;/q-1;+1/t26-,28-,29+,30+,31-,32+,43?;/m1./s1. The molecule has 4 rings (SSSR count). The van der Waals surface area contributed by atoms with Gasteiger partial charge in [0.2, 0.25) is 0 Å². The number of hydrogen-bond acceptors (Lipinski definition) is 3. The molecule has 2 fully saturated rings. The van der Waals surface area contributed by atoms with Crippen LogP contribution in [0.3, 0.4) is 0 Å². The number of halogens is 5. The third kappa shape index (κ3) is 9.61. The summed E-state index contributed by atoms with van der Waals surface area (Å²) >= 11 is 0. The minimum absolute atomic E-state index is 0. The van der Waals surface area contributed by atoms with Gasteiger partial charge < -0.3 is 4.74 Å². The van der Waals surface area contributed by atoms with E-state index in [1.165, 1.54) is 37.3 Å². The molecule has 1 unspecified atom stereocenters. The molecule has 0 amide bonds. The van der Waals surface area contributed by atoms with Crippen LogP contribution < -0.4 is 51.4 Å². The maximum Gasteiger partial charge on any atom is 1.00 e. The van der Waals surface area contributed by atoms with Crippen LogP contribution in [0.4, 0.5) is 22.0 Å². The Morgan fingerprint density at radius 1 is 1.00 bits per heavy atom. The molecule has 0 bridgehead atoms. The molecule has 0 radical (unpaired) electrons. The second-order valence-corrected chi connectivity index (χ2v) is 15.2. The van der Waals surface area contributed by atoms with Crippen LogP contribution in [-0.2, 0) is 26.8 Å². The van der Waals surface area contributed by atoms with Crippen LogP contribution in [0, 0.1) is 29.2 Å². The number of hydrogen-bond donors (Lipinski definition) is 0. The zero-order valence-corrected chi connectivity index (χ0v) is 30.6. The van der Waals surface area contributed by atoms with Crippen molar-refractivity contribution in [2.24, 2.45) is 23.2 Å². The van der Waals surface area contributed by atoms with Gasteiger partial charge in [-0.3, -0.25) is 9.00 Å². The molecule has 0 aliphatic heterocycles. The molecule has 10 heteroatoms. The van der Waals surface area contributed by atoms with Crippen molar-refractivity contribution in [1.82, 2.24) is 0 Å². The number of esters is 1. The van der Waals surface area contributed by atoms with Crippen molar-refractivity contribution in [1.29, 1.82) is 0 Å². The van der Waals surface area contributed by atoms with Gasteiger partial charge in [0.25, 0.3) is 0 Å². The number of fused-ring (bicyclic) bond motifs is 5. The molecule has 44 heavy (non-hydrogen) atoms. The maximum absolute atomic E-state index is 13.0. The van der Waals surface area contributed by atoms with Gasteiger partial charge in [-0.25, -0.2) is 0 Å². The van der Waals surface area contributed by atoms with Crippen LogP contribution in [0.25, 0.3) is 0 Å². The monoisotopic (exact) mass is 670 g/mol. The van der Waals surface area contributed by atoms with E-state index >= 15 is 0 Å². The summed E-state index contributed by atoms with van der Waals surface area (Å²) in [7, 11) is -1.35. The Balaban J connectivity index is 0.00000529. The van der Waals surface area contributed by atoms with Crippen LogP contribution in [-0.4, -0.2) is 39.9 Å². The molecule has 244 valence electrons. The number of unbranched alkanes of at least 4 members (excludes halogenated alkanes) is 6. The molecule has 1 aromatic carbocycles. The van der Waals surface area contributed by atoms with Crippen molar-refractivity contribution in [2.45, 2.75) is 134 Å². The van der Waals surface area contributed by atoms with Crippen molar-refractivity contribution in [3.8, 4) is 0 Å². The minimum Gasteiger partial charge on any atom is -0.462 e. The van der Waals surface area contributed by atoms with Gasteiger partial charge in [-0.2, -0.15) is 57.3 Å². The van der Waals surface area contributed by atoms with E-state index in [2.05, 4.69) is 31.2 Å². The molecule has 1 aromatic rings. The molecule has 3 nitrogen and oxygen atoms in total. The Morgan fingerprint density at radius 3 is 2.34 bits per heavy atom. The topological polar surface area (TPSA) is 43.4 Å². The molecule has 0 heterocycles. The first-order valence-corrected chi connectivity index (χ1v) is 17.8. The van der Waals surface area contributed by atoms with Crippen molar-refractivity contribution in [2.75, 3.05) is 11.5 Å². The van der Waals surface area contributed by atoms with E-state index < -0.39 is 35.7 Å². The fourth-order valence-electron chi connectivity index (χ4n) is 8.54. The normalized spacial score (nSPS) is 28.8. The van der Waals surface area contributed by atoms with Crippen LogP contribution in [0.15, 0.2) is 18.2 Å². The van der Waals surface area contributed by atoms with Gasteiger partial charge in [0.15, 0.2) is 0 Å². The van der Waals surface area contributed by atoms with Crippen LogP contribution in [0.2, 0.25) is 0 Å². The van der Waals surface area contributed by atoms with Gasteiger partial charge in [0.1, 0.15) is 6.10 Å². The second kappa shape index (κ2) is 17.0. The molecule has 7 atom stereocenters. The number of ether oxygens (including phenoxy) is 1. The molecule has 0 spiro atoms. The summed E-state index contributed by atoms with van der Waals surface area (Å²) in [5.41, 5.74) is 3.03. The van der Waals surface area contributed by atoms with Gasteiger partial charge in [0, 0.05) is 41.1 Å². The largest absolute Gasteiger partial charge is 1.00 e. The van der Waals surface area contributed by atoms with Gasteiger partial charge in [-0.05, 0) is 62.2 Å². The molecule has 3 aliphatic carbocycles. The molecule has 0 N–H and O–H groups in total. The molecule has 0 saturated heterocycles. The molecule has 2 saturated carbocycles. The van der Waals surface area contributed by atoms with Gasteiger partial charge >= 0.3 is 69.5 Å².